The van der Waals surface area contributed by atoms with Crippen molar-refractivity contribution in [2.75, 3.05) is 19.8 Å². The van der Waals surface area contributed by atoms with Crippen LogP contribution < -0.4 is 0 Å². The predicted molar refractivity (Wildman–Crippen MR) is 33.3 cm³/mol. The first-order chi connectivity index (χ1) is 4.77. The van der Waals surface area contributed by atoms with Crippen LogP contribution in [0.25, 0.3) is 0 Å². The van der Waals surface area contributed by atoms with Crippen molar-refractivity contribution in [2.24, 2.45) is 0 Å². The molecule has 0 spiro atoms. The third-order valence-corrected chi connectivity index (χ3v) is 0.604. The number of aliphatic hydroxyl groups excluding tert-OH is 1. The molecule has 4 heteroatoms. The molecule has 2 N–H and O–H groups in total. The fraction of sp³-hybridized carbons (Fsp3) is 0.500. The van der Waals surface area contributed by atoms with E-state index in [4.69, 9.17) is 10.2 Å². The van der Waals surface area contributed by atoms with E-state index in [0.717, 1.165) is 0 Å². The lowest BCUT2D eigenvalue weighted by atomic mass is 10.6. The second-order valence-corrected chi connectivity index (χ2v) is 1.40. The molecule has 56 valence electrons. The second kappa shape index (κ2) is 6.08. The van der Waals surface area contributed by atoms with Crippen LogP contribution in [0.1, 0.15) is 0 Å². The topological polar surface area (TPSA) is 66.8 Å². The highest BCUT2D eigenvalue weighted by Gasteiger charge is 1.91. The van der Waals surface area contributed by atoms with Gasteiger partial charge in [-0.05, 0) is 0 Å². The first-order valence-corrected chi connectivity index (χ1v) is 2.63. The molecule has 0 saturated heterocycles. The Morgan fingerprint density at radius 3 is 2.70 bits per heavy atom. The molecule has 0 rings (SSSR count). The zero-order chi connectivity index (χ0) is 7.82. The van der Waals surface area contributed by atoms with Crippen molar-refractivity contribution in [3.05, 3.63) is 0 Å². The Morgan fingerprint density at radius 2 is 2.20 bits per heavy atom. The molecular weight excluding hydrogens is 136 g/mol. The van der Waals surface area contributed by atoms with Crippen molar-refractivity contribution in [3.8, 4) is 11.8 Å². The number of carboxylic acid groups (broad SMARTS) is 1. The smallest absolute Gasteiger partial charge is 0.329 e. The molecule has 0 bridgehead atoms. The van der Waals surface area contributed by atoms with E-state index in [2.05, 4.69) is 16.6 Å². The van der Waals surface area contributed by atoms with Gasteiger partial charge in [-0.2, -0.15) is 0 Å². The van der Waals surface area contributed by atoms with E-state index in [1.165, 1.54) is 0 Å². The number of rotatable bonds is 3. The second-order valence-electron chi connectivity index (χ2n) is 1.40. The fourth-order valence-corrected chi connectivity index (χ4v) is 0.296. The third-order valence-electron chi connectivity index (χ3n) is 0.604. The van der Waals surface area contributed by atoms with Gasteiger partial charge in [-0.3, -0.25) is 0 Å². The summed E-state index contributed by atoms with van der Waals surface area (Å²) in [6.45, 7) is -0.524. The average Bonchev–Trinajstić information content (AvgIpc) is 1.87. The molecule has 0 aliphatic rings. The van der Waals surface area contributed by atoms with Gasteiger partial charge in [0.1, 0.15) is 19.8 Å². The molecule has 0 aliphatic carbocycles. The Bertz CT molecular complexity index is 153. The minimum Gasteiger partial charge on any atom is -0.480 e. The molecule has 0 atom stereocenters. The minimum atomic E-state index is -1.02. The Morgan fingerprint density at radius 1 is 1.50 bits per heavy atom. The van der Waals surface area contributed by atoms with Gasteiger partial charge in [0, 0.05) is 0 Å². The van der Waals surface area contributed by atoms with Crippen LogP contribution >= 0.6 is 0 Å². The summed E-state index contributed by atoms with van der Waals surface area (Å²) in [6.07, 6.45) is 0. The summed E-state index contributed by atoms with van der Waals surface area (Å²) in [5.74, 6) is 3.69. The maximum Gasteiger partial charge on any atom is 0.329 e. The van der Waals surface area contributed by atoms with Crippen molar-refractivity contribution >= 4 is 5.97 Å². The van der Waals surface area contributed by atoms with Crippen LogP contribution in [0, 0.1) is 11.8 Å². The first kappa shape index (κ1) is 8.95. The van der Waals surface area contributed by atoms with Gasteiger partial charge in [0.25, 0.3) is 0 Å². The molecule has 0 heterocycles. The summed E-state index contributed by atoms with van der Waals surface area (Å²) in [4.78, 5) is 9.81. The van der Waals surface area contributed by atoms with E-state index in [-0.39, 0.29) is 19.8 Å². The fourth-order valence-electron chi connectivity index (χ4n) is 0.296. The number of carboxylic acids is 1. The Labute approximate surface area is 58.4 Å². The minimum absolute atomic E-state index is 0.0485. The summed E-state index contributed by atoms with van der Waals surface area (Å²) < 4.78 is 4.51. The molecule has 0 aliphatic heterocycles. The van der Waals surface area contributed by atoms with Gasteiger partial charge < -0.3 is 14.9 Å². The van der Waals surface area contributed by atoms with Crippen LogP contribution in [0.15, 0.2) is 0 Å². The molecule has 4 nitrogen and oxygen atoms in total. The monoisotopic (exact) mass is 144 g/mol. The number of hydrogen-bond acceptors (Lipinski definition) is 3. The van der Waals surface area contributed by atoms with Crippen molar-refractivity contribution in [3.63, 3.8) is 0 Å². The van der Waals surface area contributed by atoms with Gasteiger partial charge in [-0.25, -0.2) is 4.79 Å². The molecule has 0 fully saturated rings. The van der Waals surface area contributed by atoms with Crippen LogP contribution in [-0.4, -0.2) is 36.0 Å². The number of aliphatic carboxylic acids is 1. The standard InChI is InChI=1S/C6H8O4/c7-3-1-2-4-10-5-6(8)9/h7H,3-5H2,(H,8,9). The summed E-state index contributed by atoms with van der Waals surface area (Å²) in [5.41, 5.74) is 0. The molecule has 0 radical (unpaired) electrons. The van der Waals surface area contributed by atoms with E-state index in [1.54, 1.807) is 0 Å². The molecule has 0 aromatic heterocycles. The average molecular weight is 144 g/mol. The maximum atomic E-state index is 9.81. The lowest BCUT2D eigenvalue weighted by molar-refractivity contribution is -0.141. The van der Waals surface area contributed by atoms with Crippen molar-refractivity contribution in [2.45, 2.75) is 0 Å². The summed E-state index contributed by atoms with van der Waals surface area (Å²) in [5, 5.41) is 16.2. The van der Waals surface area contributed by atoms with Gasteiger partial charge in [-0.15, -0.1) is 0 Å². The number of carbonyl (C=O) groups is 1. The molecule has 10 heavy (non-hydrogen) atoms. The summed E-state index contributed by atoms with van der Waals surface area (Å²) >= 11 is 0. The number of hydrogen-bond donors (Lipinski definition) is 2. The molecular formula is C6H8O4. The molecule has 0 amide bonds. The predicted octanol–water partition coefficient (Wildman–Crippen LogP) is -0.917. The van der Waals surface area contributed by atoms with Crippen molar-refractivity contribution < 1.29 is 19.7 Å². The first-order valence-electron chi connectivity index (χ1n) is 2.63. The Hall–Kier alpha value is -1.05. The SMILES string of the molecule is O=C(O)COCC#CCO. The number of aliphatic hydroxyl groups is 1. The Balaban J connectivity index is 3.13. The van der Waals surface area contributed by atoms with E-state index < -0.39 is 5.97 Å². The summed E-state index contributed by atoms with van der Waals surface area (Å²) in [6, 6.07) is 0. The van der Waals surface area contributed by atoms with Crippen LogP contribution in [0.4, 0.5) is 0 Å². The van der Waals surface area contributed by atoms with Crippen LogP contribution in [0.2, 0.25) is 0 Å². The quantitative estimate of drug-likeness (QED) is 0.397. The molecule has 0 unspecified atom stereocenters. The summed E-state index contributed by atoms with van der Waals surface area (Å²) in [7, 11) is 0. The lowest BCUT2D eigenvalue weighted by Gasteiger charge is -1.90. The largest absolute Gasteiger partial charge is 0.480 e. The zero-order valence-corrected chi connectivity index (χ0v) is 5.33. The van der Waals surface area contributed by atoms with Gasteiger partial charge >= 0.3 is 5.97 Å². The van der Waals surface area contributed by atoms with Crippen molar-refractivity contribution in [1.82, 2.24) is 0 Å². The highest BCUT2D eigenvalue weighted by Crippen LogP contribution is 1.71. The molecule has 0 aromatic carbocycles. The lowest BCUT2D eigenvalue weighted by Crippen LogP contribution is -2.06. The highest BCUT2D eigenvalue weighted by atomic mass is 16.5. The van der Waals surface area contributed by atoms with Crippen LogP contribution in [0.5, 0.6) is 0 Å². The van der Waals surface area contributed by atoms with Gasteiger partial charge in [0.05, 0.1) is 0 Å². The molecule has 0 saturated carbocycles. The number of ether oxygens (including phenoxy) is 1. The van der Waals surface area contributed by atoms with Crippen LogP contribution in [-0.2, 0) is 9.53 Å². The van der Waals surface area contributed by atoms with Gasteiger partial charge in [0.2, 0.25) is 0 Å². The van der Waals surface area contributed by atoms with E-state index in [9.17, 15) is 4.79 Å². The molecule has 0 aromatic rings. The third kappa shape index (κ3) is 6.95. The van der Waals surface area contributed by atoms with E-state index >= 15 is 0 Å². The zero-order valence-electron chi connectivity index (χ0n) is 5.33. The van der Waals surface area contributed by atoms with Gasteiger partial charge in [-0.1, -0.05) is 11.8 Å². The Kier molecular flexibility index (Phi) is 5.44. The highest BCUT2D eigenvalue weighted by molar-refractivity contribution is 5.68. The van der Waals surface area contributed by atoms with E-state index in [0.29, 0.717) is 0 Å². The normalized spacial score (nSPS) is 8.10. The van der Waals surface area contributed by atoms with Crippen LogP contribution in [0.3, 0.4) is 0 Å². The van der Waals surface area contributed by atoms with E-state index in [1.807, 2.05) is 0 Å². The maximum absolute atomic E-state index is 9.81. The van der Waals surface area contributed by atoms with Gasteiger partial charge in [0.15, 0.2) is 0 Å². The van der Waals surface area contributed by atoms with Crippen molar-refractivity contribution in [1.29, 1.82) is 0 Å².